The van der Waals surface area contributed by atoms with Crippen LogP contribution in [-0.2, 0) is 44.3 Å². The van der Waals surface area contributed by atoms with Crippen LogP contribution >= 0.6 is 0 Å². The van der Waals surface area contributed by atoms with Gasteiger partial charge in [0.05, 0.1) is 57.1 Å². The Morgan fingerprint density at radius 1 is 0.946 bits per heavy atom. The predicted octanol–water partition coefficient (Wildman–Crippen LogP) is 6.68. The standard InChI is InChI=1S/C44H62O10SSi/c1-32(25-34(45)23-24-49-30-33-19-21-35(48-7)22-20-33)26-37(53-55(8,46)47)27-36-28-38(29-41(51-36)42-31-50-44(5,6)52-42)54-56(43(2,3)4,39-15-11-9-12-16-39)40-17-13-10-14-18-40/h9-22,34,36-38,41-42,45H,1,23-31H2,2-8H3/t34-,36+,37-,38+,41+,42-/m0/s1. The minimum absolute atomic E-state index is 0.234. The lowest BCUT2D eigenvalue weighted by Gasteiger charge is -2.48. The summed E-state index contributed by atoms with van der Waals surface area (Å²) in [5.41, 5.74) is 1.69. The minimum Gasteiger partial charge on any atom is -0.497 e. The molecule has 10 nitrogen and oxygen atoms in total. The maximum absolute atomic E-state index is 12.6. The summed E-state index contributed by atoms with van der Waals surface area (Å²) in [5, 5.41) is 13.0. The summed E-state index contributed by atoms with van der Waals surface area (Å²) >= 11 is 0. The molecule has 1 N–H and O–H groups in total. The van der Waals surface area contributed by atoms with E-state index in [-0.39, 0.29) is 42.6 Å². The summed E-state index contributed by atoms with van der Waals surface area (Å²) in [6.45, 7) is 15.9. The smallest absolute Gasteiger partial charge is 0.264 e. The fraction of sp³-hybridized carbons (Fsp3) is 0.545. The van der Waals surface area contributed by atoms with Gasteiger partial charge in [0.15, 0.2) is 5.79 Å². The molecule has 0 saturated carbocycles. The molecule has 0 radical (unpaired) electrons. The van der Waals surface area contributed by atoms with Crippen molar-refractivity contribution < 1.29 is 45.8 Å². The highest BCUT2D eigenvalue weighted by Gasteiger charge is 2.53. The molecule has 2 saturated heterocycles. The van der Waals surface area contributed by atoms with E-state index in [1.165, 1.54) is 10.4 Å². The van der Waals surface area contributed by atoms with Gasteiger partial charge in [-0.1, -0.05) is 106 Å². The lowest BCUT2D eigenvalue weighted by molar-refractivity contribution is -0.182. The van der Waals surface area contributed by atoms with Gasteiger partial charge in [0.25, 0.3) is 18.4 Å². The summed E-state index contributed by atoms with van der Waals surface area (Å²) in [5.74, 6) is 0.0250. The molecule has 0 unspecified atom stereocenters. The van der Waals surface area contributed by atoms with Crippen molar-refractivity contribution in [3.05, 3.63) is 103 Å². The second kappa shape index (κ2) is 19.2. The van der Waals surface area contributed by atoms with E-state index in [0.29, 0.717) is 44.7 Å². The number of hydrogen-bond donors (Lipinski definition) is 1. The fourth-order valence-corrected chi connectivity index (χ4v) is 13.4. The molecule has 12 heteroatoms. The van der Waals surface area contributed by atoms with E-state index < -0.39 is 42.5 Å². The molecule has 5 rings (SSSR count). The van der Waals surface area contributed by atoms with Crippen LogP contribution in [-0.4, -0.2) is 90.8 Å². The van der Waals surface area contributed by atoms with E-state index in [0.717, 1.165) is 17.6 Å². The molecule has 0 spiro atoms. The van der Waals surface area contributed by atoms with Gasteiger partial charge in [-0.25, -0.2) is 0 Å². The predicted molar refractivity (Wildman–Crippen MR) is 221 cm³/mol. The topological polar surface area (TPSA) is 119 Å². The fourth-order valence-electron chi connectivity index (χ4n) is 8.00. The number of ether oxygens (including phenoxy) is 5. The third-order valence-electron chi connectivity index (χ3n) is 10.5. The lowest BCUT2D eigenvalue weighted by Crippen LogP contribution is -2.68. The summed E-state index contributed by atoms with van der Waals surface area (Å²) in [4.78, 5) is 0. The second-order valence-electron chi connectivity index (χ2n) is 16.7. The van der Waals surface area contributed by atoms with Gasteiger partial charge in [0.2, 0.25) is 0 Å². The Morgan fingerprint density at radius 3 is 2.11 bits per heavy atom. The van der Waals surface area contributed by atoms with Crippen molar-refractivity contribution in [1.82, 2.24) is 0 Å². The second-order valence-corrected chi connectivity index (χ2v) is 22.6. The quantitative estimate of drug-likeness (QED) is 0.0609. The van der Waals surface area contributed by atoms with Gasteiger partial charge in [0.1, 0.15) is 11.9 Å². The van der Waals surface area contributed by atoms with Crippen LogP contribution in [0.5, 0.6) is 5.75 Å². The molecule has 3 aromatic rings. The molecule has 2 heterocycles. The number of hydrogen-bond acceptors (Lipinski definition) is 10. The summed E-state index contributed by atoms with van der Waals surface area (Å²) < 4.78 is 68.7. The SMILES string of the molecule is C=C(C[C@@H](O)CCOCc1ccc(OC)cc1)C[C@@H](C[C@@H]1C[C@@H](O[Si](c2ccccc2)(c2ccccc2)C(C)(C)C)C[C@H]([C@@H]2COC(C)(C)O2)O1)OS(C)(=O)=O. The zero-order valence-corrected chi connectivity index (χ0v) is 36.0. The van der Waals surface area contributed by atoms with E-state index in [1.54, 1.807) is 7.11 Å². The van der Waals surface area contributed by atoms with Gasteiger partial charge < -0.3 is 33.2 Å². The van der Waals surface area contributed by atoms with E-state index in [1.807, 2.05) is 50.2 Å². The Morgan fingerprint density at radius 2 is 1.57 bits per heavy atom. The third-order valence-corrected chi connectivity index (χ3v) is 16.2. The van der Waals surface area contributed by atoms with Gasteiger partial charge in [-0.2, -0.15) is 8.42 Å². The Hall–Kier alpha value is -2.91. The molecule has 0 aromatic heterocycles. The van der Waals surface area contributed by atoms with Crippen molar-refractivity contribution >= 4 is 28.8 Å². The van der Waals surface area contributed by atoms with Gasteiger partial charge in [0, 0.05) is 19.4 Å². The number of benzene rings is 3. The highest BCUT2D eigenvalue weighted by atomic mass is 32.2. The monoisotopic (exact) mass is 810 g/mol. The Bertz CT molecular complexity index is 1740. The third kappa shape index (κ3) is 12.3. The first kappa shape index (κ1) is 44.2. The van der Waals surface area contributed by atoms with Gasteiger partial charge in [-0.15, -0.1) is 0 Å². The molecule has 308 valence electrons. The minimum atomic E-state index is -3.83. The van der Waals surface area contributed by atoms with Gasteiger partial charge >= 0.3 is 0 Å². The molecule has 56 heavy (non-hydrogen) atoms. The molecule has 3 aromatic carbocycles. The van der Waals surface area contributed by atoms with Crippen LogP contribution in [0.1, 0.15) is 78.7 Å². The van der Waals surface area contributed by atoms with E-state index >= 15 is 0 Å². The van der Waals surface area contributed by atoms with Crippen LogP contribution in [0.3, 0.4) is 0 Å². The van der Waals surface area contributed by atoms with Crippen LogP contribution in [0, 0.1) is 0 Å². The highest BCUT2D eigenvalue weighted by Crippen LogP contribution is 2.41. The average molecular weight is 811 g/mol. The maximum atomic E-state index is 12.6. The summed E-state index contributed by atoms with van der Waals surface area (Å²) in [6.07, 6.45) is 0.563. The van der Waals surface area contributed by atoms with E-state index in [4.69, 9.17) is 32.3 Å². The lowest BCUT2D eigenvalue weighted by atomic mass is 9.92. The van der Waals surface area contributed by atoms with Crippen LogP contribution in [0.25, 0.3) is 0 Å². The normalized spacial score (nSPS) is 22.7. The highest BCUT2D eigenvalue weighted by molar-refractivity contribution is 7.86. The number of rotatable bonds is 19. The van der Waals surface area contributed by atoms with E-state index in [9.17, 15) is 13.5 Å². The van der Waals surface area contributed by atoms with Gasteiger partial charge in [-0.05, 0) is 72.6 Å². The van der Waals surface area contributed by atoms with Crippen molar-refractivity contribution in [3.63, 3.8) is 0 Å². The zero-order chi connectivity index (χ0) is 40.6. The first-order valence-corrected chi connectivity index (χ1v) is 23.4. The molecular formula is C44H62O10SSi. The van der Waals surface area contributed by atoms with Crippen LogP contribution < -0.4 is 15.1 Å². The first-order valence-electron chi connectivity index (χ1n) is 19.7. The van der Waals surface area contributed by atoms with Crippen molar-refractivity contribution in [1.29, 1.82) is 0 Å². The van der Waals surface area contributed by atoms with Crippen LogP contribution in [0.2, 0.25) is 5.04 Å². The largest absolute Gasteiger partial charge is 0.497 e. The average Bonchev–Trinajstić information content (AvgIpc) is 3.51. The summed E-state index contributed by atoms with van der Waals surface area (Å²) in [6, 6.07) is 28.7. The molecule has 0 amide bonds. The molecule has 0 bridgehead atoms. The van der Waals surface area contributed by atoms with Crippen LogP contribution in [0.4, 0.5) is 0 Å². The number of aliphatic hydroxyl groups is 1. The zero-order valence-electron chi connectivity index (χ0n) is 34.1. The van der Waals surface area contributed by atoms with Crippen molar-refractivity contribution in [2.45, 2.75) is 127 Å². The Kier molecular flexibility index (Phi) is 15.2. The summed E-state index contributed by atoms with van der Waals surface area (Å²) in [7, 11) is -5.14. The maximum Gasteiger partial charge on any atom is 0.264 e. The Balaban J connectivity index is 1.32. The van der Waals surface area contributed by atoms with Crippen molar-refractivity contribution in [3.8, 4) is 5.75 Å². The van der Waals surface area contributed by atoms with Gasteiger partial charge in [-0.3, -0.25) is 4.18 Å². The number of aliphatic hydroxyl groups excluding tert-OH is 1. The van der Waals surface area contributed by atoms with E-state index in [2.05, 4.69) is 75.9 Å². The number of methoxy groups -OCH3 is 1. The molecular weight excluding hydrogens is 749 g/mol. The molecule has 2 aliphatic heterocycles. The Labute approximate surface area is 335 Å². The molecule has 6 atom stereocenters. The van der Waals surface area contributed by atoms with Crippen molar-refractivity contribution in [2.24, 2.45) is 0 Å². The first-order chi connectivity index (χ1) is 26.5. The molecule has 2 aliphatic rings. The molecule has 0 aliphatic carbocycles. The molecule has 2 fully saturated rings. The van der Waals surface area contributed by atoms with Crippen molar-refractivity contribution in [2.75, 3.05) is 26.6 Å². The van der Waals surface area contributed by atoms with Crippen LogP contribution in [0.15, 0.2) is 97.1 Å².